The summed E-state index contributed by atoms with van der Waals surface area (Å²) in [6.45, 7) is 0. The molecule has 1 unspecified atom stereocenters. The summed E-state index contributed by atoms with van der Waals surface area (Å²) in [5.74, 6) is 0. The molecule has 5 heteroatoms. The molecule has 1 N–H and O–H groups in total. The van der Waals surface area contributed by atoms with Gasteiger partial charge in [-0.1, -0.05) is 11.6 Å². The highest BCUT2D eigenvalue weighted by molar-refractivity contribution is 6.21. The third-order valence-corrected chi connectivity index (χ3v) is 2.61. The number of rotatable bonds is 1. The zero-order valence-electron chi connectivity index (χ0n) is 7.37. The SMILES string of the molecule is O=[N+]([O-])c1ccc2c(c1)CCC(Cl)N2. The second-order valence-corrected chi connectivity index (χ2v) is 3.78. The number of hydrogen-bond acceptors (Lipinski definition) is 3. The predicted molar refractivity (Wildman–Crippen MR) is 54.7 cm³/mol. The molecule has 1 aliphatic heterocycles. The molecule has 0 spiro atoms. The molecular formula is C9H9ClN2O2. The maximum absolute atomic E-state index is 10.5. The zero-order valence-corrected chi connectivity index (χ0v) is 8.12. The lowest BCUT2D eigenvalue weighted by Crippen LogP contribution is -2.19. The van der Waals surface area contributed by atoms with Gasteiger partial charge in [0.25, 0.3) is 5.69 Å². The molecule has 0 amide bonds. The molecule has 4 nitrogen and oxygen atoms in total. The quantitative estimate of drug-likeness (QED) is 0.337. The van der Waals surface area contributed by atoms with E-state index >= 15 is 0 Å². The molecular weight excluding hydrogens is 204 g/mol. The maximum atomic E-state index is 10.5. The molecule has 0 bridgehead atoms. The number of nitrogens with zero attached hydrogens (tertiary/aromatic N) is 1. The summed E-state index contributed by atoms with van der Waals surface area (Å²) in [6, 6.07) is 4.80. The molecule has 0 saturated carbocycles. The minimum atomic E-state index is -0.382. The number of alkyl halides is 1. The van der Waals surface area contributed by atoms with Gasteiger partial charge in [0.05, 0.1) is 4.92 Å². The van der Waals surface area contributed by atoms with Gasteiger partial charge in [-0.25, -0.2) is 0 Å². The van der Waals surface area contributed by atoms with Crippen molar-refractivity contribution in [2.75, 3.05) is 5.32 Å². The number of fused-ring (bicyclic) bond motifs is 1. The van der Waals surface area contributed by atoms with E-state index in [0.717, 1.165) is 24.1 Å². The Morgan fingerprint density at radius 3 is 3.07 bits per heavy atom. The minimum absolute atomic E-state index is 0.0658. The lowest BCUT2D eigenvalue weighted by molar-refractivity contribution is -0.384. The predicted octanol–water partition coefficient (Wildman–Crippen LogP) is 2.52. The van der Waals surface area contributed by atoms with Crippen LogP contribution in [0.3, 0.4) is 0 Å². The van der Waals surface area contributed by atoms with Gasteiger partial charge in [0.2, 0.25) is 0 Å². The highest BCUT2D eigenvalue weighted by atomic mass is 35.5. The average molecular weight is 213 g/mol. The second kappa shape index (κ2) is 3.46. The normalized spacial score (nSPS) is 19.6. The summed E-state index contributed by atoms with van der Waals surface area (Å²) in [6.07, 6.45) is 1.59. The first-order valence-electron chi connectivity index (χ1n) is 4.35. The Kier molecular flexibility index (Phi) is 2.29. The molecule has 1 aromatic carbocycles. The van der Waals surface area contributed by atoms with Gasteiger partial charge < -0.3 is 5.32 Å². The lowest BCUT2D eigenvalue weighted by atomic mass is 10.0. The third-order valence-electron chi connectivity index (χ3n) is 2.28. The van der Waals surface area contributed by atoms with Crippen LogP contribution in [-0.4, -0.2) is 10.4 Å². The zero-order chi connectivity index (χ0) is 10.1. The maximum Gasteiger partial charge on any atom is 0.269 e. The Hall–Kier alpha value is -1.29. The Morgan fingerprint density at radius 1 is 1.57 bits per heavy atom. The van der Waals surface area contributed by atoms with Crippen molar-refractivity contribution in [3.8, 4) is 0 Å². The van der Waals surface area contributed by atoms with Gasteiger partial charge in [0.15, 0.2) is 0 Å². The molecule has 14 heavy (non-hydrogen) atoms. The van der Waals surface area contributed by atoms with Crippen LogP contribution in [-0.2, 0) is 6.42 Å². The van der Waals surface area contributed by atoms with E-state index in [-0.39, 0.29) is 16.1 Å². The number of non-ortho nitro benzene ring substituents is 1. The van der Waals surface area contributed by atoms with Crippen LogP contribution < -0.4 is 5.32 Å². The van der Waals surface area contributed by atoms with Gasteiger partial charge in [0.1, 0.15) is 5.50 Å². The summed E-state index contributed by atoms with van der Waals surface area (Å²) in [5.41, 5.74) is 1.94. The fourth-order valence-electron chi connectivity index (χ4n) is 1.56. The van der Waals surface area contributed by atoms with Gasteiger partial charge >= 0.3 is 0 Å². The summed E-state index contributed by atoms with van der Waals surface area (Å²) < 4.78 is 0. The number of hydrogen-bond donors (Lipinski definition) is 1. The molecule has 1 aromatic rings. The van der Waals surface area contributed by atoms with Crippen LogP contribution in [0.5, 0.6) is 0 Å². The van der Waals surface area contributed by atoms with E-state index in [9.17, 15) is 10.1 Å². The fraction of sp³-hybridized carbons (Fsp3) is 0.333. The smallest absolute Gasteiger partial charge is 0.269 e. The first kappa shape index (κ1) is 9.27. The molecule has 0 fully saturated rings. The molecule has 0 aromatic heterocycles. The van der Waals surface area contributed by atoms with E-state index < -0.39 is 0 Å². The lowest BCUT2D eigenvalue weighted by Gasteiger charge is -2.21. The molecule has 1 aliphatic rings. The third kappa shape index (κ3) is 1.65. The van der Waals surface area contributed by atoms with Crippen molar-refractivity contribution in [1.82, 2.24) is 0 Å². The van der Waals surface area contributed by atoms with E-state index in [1.54, 1.807) is 12.1 Å². The van der Waals surface area contributed by atoms with Crippen LogP contribution in [0.4, 0.5) is 11.4 Å². The molecule has 0 radical (unpaired) electrons. The van der Waals surface area contributed by atoms with E-state index in [1.165, 1.54) is 6.07 Å². The first-order chi connectivity index (χ1) is 6.66. The number of nitro groups is 1. The Balaban J connectivity index is 2.36. The summed E-state index contributed by atoms with van der Waals surface area (Å²) in [4.78, 5) is 10.1. The van der Waals surface area contributed by atoms with Gasteiger partial charge in [-0.3, -0.25) is 10.1 Å². The minimum Gasteiger partial charge on any atom is -0.369 e. The van der Waals surface area contributed by atoms with Crippen molar-refractivity contribution in [1.29, 1.82) is 0 Å². The molecule has 0 saturated heterocycles. The number of halogens is 1. The number of anilines is 1. The fourth-order valence-corrected chi connectivity index (χ4v) is 1.79. The monoisotopic (exact) mass is 212 g/mol. The van der Waals surface area contributed by atoms with Gasteiger partial charge in [-0.05, 0) is 24.5 Å². The Labute approximate surface area is 86.0 Å². The number of nitrogens with one attached hydrogen (secondary N) is 1. The number of benzene rings is 1. The van der Waals surface area contributed by atoms with Crippen molar-refractivity contribution in [3.63, 3.8) is 0 Å². The molecule has 1 atom stereocenters. The number of nitro benzene ring substituents is 1. The Bertz CT molecular complexity index is 381. The van der Waals surface area contributed by atoms with Crippen LogP contribution in [0.2, 0.25) is 0 Å². The van der Waals surface area contributed by atoms with Crippen molar-refractivity contribution < 1.29 is 4.92 Å². The van der Waals surface area contributed by atoms with Crippen molar-refractivity contribution in [3.05, 3.63) is 33.9 Å². The highest BCUT2D eigenvalue weighted by Gasteiger charge is 2.17. The standard InChI is InChI=1S/C9H9ClN2O2/c10-9-4-1-6-5-7(12(13)14)2-3-8(6)11-9/h2-3,5,9,11H,1,4H2. The van der Waals surface area contributed by atoms with Crippen LogP contribution >= 0.6 is 11.6 Å². The van der Waals surface area contributed by atoms with E-state index in [4.69, 9.17) is 11.6 Å². The van der Waals surface area contributed by atoms with Gasteiger partial charge in [-0.15, -0.1) is 0 Å². The average Bonchev–Trinajstić information content (AvgIpc) is 2.16. The van der Waals surface area contributed by atoms with Crippen LogP contribution in [0.25, 0.3) is 0 Å². The first-order valence-corrected chi connectivity index (χ1v) is 4.78. The van der Waals surface area contributed by atoms with Crippen molar-refractivity contribution in [2.24, 2.45) is 0 Å². The van der Waals surface area contributed by atoms with Gasteiger partial charge in [0, 0.05) is 17.8 Å². The van der Waals surface area contributed by atoms with Crippen LogP contribution in [0.1, 0.15) is 12.0 Å². The van der Waals surface area contributed by atoms with Crippen LogP contribution in [0.15, 0.2) is 18.2 Å². The molecule has 1 heterocycles. The number of aryl methyl sites for hydroxylation is 1. The topological polar surface area (TPSA) is 55.2 Å². The Morgan fingerprint density at radius 2 is 2.36 bits per heavy atom. The van der Waals surface area contributed by atoms with E-state index in [0.29, 0.717) is 0 Å². The van der Waals surface area contributed by atoms with Crippen molar-refractivity contribution >= 4 is 23.0 Å². The molecule has 74 valence electrons. The van der Waals surface area contributed by atoms with Gasteiger partial charge in [-0.2, -0.15) is 0 Å². The second-order valence-electron chi connectivity index (χ2n) is 3.25. The van der Waals surface area contributed by atoms with E-state index in [1.807, 2.05) is 0 Å². The van der Waals surface area contributed by atoms with Crippen LogP contribution in [0, 0.1) is 10.1 Å². The van der Waals surface area contributed by atoms with Crippen molar-refractivity contribution in [2.45, 2.75) is 18.3 Å². The largest absolute Gasteiger partial charge is 0.369 e. The summed E-state index contributed by atoms with van der Waals surface area (Å²) >= 11 is 5.90. The highest BCUT2D eigenvalue weighted by Crippen LogP contribution is 2.29. The van der Waals surface area contributed by atoms with E-state index in [2.05, 4.69) is 5.32 Å². The molecule has 0 aliphatic carbocycles. The molecule has 2 rings (SSSR count). The summed E-state index contributed by atoms with van der Waals surface area (Å²) in [7, 11) is 0. The summed E-state index contributed by atoms with van der Waals surface area (Å²) in [5, 5.41) is 13.6.